The van der Waals surface area contributed by atoms with Crippen LogP contribution < -0.4 is 5.19 Å². The molecule has 0 N–H and O–H groups in total. The second-order valence-electron chi connectivity index (χ2n) is 8.18. The molecule has 0 amide bonds. The van der Waals surface area contributed by atoms with Crippen molar-refractivity contribution in [2.45, 2.75) is 91.3 Å². The zero-order valence-electron chi connectivity index (χ0n) is 19.8. The fraction of sp³-hybridized carbons (Fsp3) is 0.692. The molecule has 0 aliphatic heterocycles. The summed E-state index contributed by atoms with van der Waals surface area (Å²) in [6.45, 7) is 18.2. The number of rotatable bonds is 18. The molecule has 0 aliphatic carbocycles. The van der Waals surface area contributed by atoms with Gasteiger partial charge < -0.3 is 0 Å². The average Bonchev–Trinajstić information content (AvgIpc) is 2.76. The van der Waals surface area contributed by atoms with E-state index >= 15 is 0 Å². The number of unbranched alkanes of at least 4 members (excludes halogenated alkanes) is 4. The second-order valence-corrected chi connectivity index (χ2v) is 9.52. The van der Waals surface area contributed by atoms with Gasteiger partial charge in [-0.25, -0.2) is 0 Å². The summed E-state index contributed by atoms with van der Waals surface area (Å²) in [5.41, 5.74) is 1.24. The summed E-state index contributed by atoms with van der Waals surface area (Å²) in [6, 6.07) is 10.2. The zero-order valence-corrected chi connectivity index (χ0v) is 20.8. The Labute approximate surface area is 184 Å². The lowest BCUT2D eigenvalue weighted by atomic mass is 10.2. The molecule has 0 atom stereocenters. The van der Waals surface area contributed by atoms with Gasteiger partial charge in [-0.3, -0.25) is 9.80 Å². The van der Waals surface area contributed by atoms with Gasteiger partial charge in [0.2, 0.25) is 0 Å². The molecule has 0 saturated carbocycles. The minimum Gasteiger partial charge on any atom is -0.288 e. The van der Waals surface area contributed by atoms with Crippen LogP contribution in [0.2, 0.25) is 6.04 Å². The second kappa shape index (κ2) is 16.8. The number of hydrogen-bond donors (Lipinski definition) is 0. The van der Waals surface area contributed by atoms with Gasteiger partial charge in [-0.2, -0.15) is 0 Å². The topological polar surface area (TPSA) is 6.48 Å². The summed E-state index contributed by atoms with van der Waals surface area (Å²) >= 11 is 0. The average molecular weight is 415 g/mol. The molecule has 0 bridgehead atoms. The van der Waals surface area contributed by atoms with Crippen molar-refractivity contribution in [2.75, 3.05) is 26.2 Å². The van der Waals surface area contributed by atoms with E-state index in [9.17, 15) is 0 Å². The van der Waals surface area contributed by atoms with Gasteiger partial charge in [0.25, 0.3) is 0 Å². The maximum atomic E-state index is 3.95. The van der Waals surface area contributed by atoms with Gasteiger partial charge in [0.1, 0.15) is 0 Å². The van der Waals surface area contributed by atoms with Gasteiger partial charge in [0.05, 0.1) is 15.7 Å². The summed E-state index contributed by atoms with van der Waals surface area (Å²) < 4.78 is 0. The van der Waals surface area contributed by atoms with Crippen LogP contribution in [0.1, 0.15) is 84.6 Å². The molecule has 29 heavy (non-hydrogen) atoms. The number of nitrogens with zero attached hydrogens (tertiary/aromatic N) is 2. The van der Waals surface area contributed by atoms with E-state index in [1.807, 2.05) is 6.08 Å². The van der Waals surface area contributed by atoms with Crippen molar-refractivity contribution in [1.29, 1.82) is 0 Å². The molecule has 2 nitrogen and oxygen atoms in total. The predicted octanol–water partition coefficient (Wildman–Crippen LogP) is 6.21. The molecule has 2 radical (unpaired) electrons. The van der Waals surface area contributed by atoms with Gasteiger partial charge in [0, 0.05) is 0 Å². The van der Waals surface area contributed by atoms with Crippen molar-refractivity contribution in [3.8, 4) is 0 Å². The lowest BCUT2D eigenvalue weighted by Crippen LogP contribution is -2.51. The van der Waals surface area contributed by atoms with Gasteiger partial charge in [-0.1, -0.05) is 95.5 Å². The van der Waals surface area contributed by atoms with Crippen LogP contribution in [0.25, 0.3) is 6.08 Å². The Hall–Kier alpha value is -0.903. The van der Waals surface area contributed by atoms with Crippen LogP contribution in [0.5, 0.6) is 0 Å². The Kier molecular flexibility index (Phi) is 15.2. The van der Waals surface area contributed by atoms with Crippen LogP contribution in [-0.4, -0.2) is 51.7 Å². The first-order valence-electron chi connectivity index (χ1n) is 12.1. The van der Waals surface area contributed by atoms with Gasteiger partial charge in [-0.15, -0.1) is 0 Å². The van der Waals surface area contributed by atoms with Crippen LogP contribution in [0, 0.1) is 0 Å². The van der Waals surface area contributed by atoms with Gasteiger partial charge in [0.15, 0.2) is 0 Å². The minimum absolute atomic E-state index is 0.580. The maximum Gasteiger partial charge on any atom is 0.0838 e. The lowest BCUT2D eigenvalue weighted by Gasteiger charge is -2.40. The van der Waals surface area contributed by atoms with Gasteiger partial charge in [-0.05, 0) is 63.5 Å². The van der Waals surface area contributed by atoms with Crippen molar-refractivity contribution in [1.82, 2.24) is 9.80 Å². The third-order valence-corrected chi connectivity index (χ3v) is 6.94. The van der Waals surface area contributed by atoms with Crippen molar-refractivity contribution in [3.63, 3.8) is 0 Å². The van der Waals surface area contributed by atoms with E-state index in [0.717, 1.165) is 9.52 Å². The first-order valence-corrected chi connectivity index (χ1v) is 13.3. The summed E-state index contributed by atoms with van der Waals surface area (Å²) in [5.74, 6) is 0. The third-order valence-electron chi connectivity index (χ3n) is 5.65. The van der Waals surface area contributed by atoms with E-state index in [4.69, 9.17) is 0 Å². The zero-order chi connectivity index (χ0) is 21.3. The molecule has 0 spiro atoms. The Morgan fingerprint density at radius 2 is 1.31 bits per heavy atom. The van der Waals surface area contributed by atoms with Crippen molar-refractivity contribution >= 4 is 20.8 Å². The van der Waals surface area contributed by atoms with E-state index < -0.39 is 0 Å². The number of hydrogen-bond acceptors (Lipinski definition) is 2. The van der Waals surface area contributed by atoms with E-state index in [-0.39, 0.29) is 0 Å². The highest BCUT2D eigenvalue weighted by molar-refractivity contribution is 6.53. The van der Waals surface area contributed by atoms with Gasteiger partial charge >= 0.3 is 0 Å². The molecule has 0 aliphatic rings. The normalized spacial score (nSPS) is 11.7. The molecule has 0 heterocycles. The molecular weight excluding hydrogens is 368 g/mol. The largest absolute Gasteiger partial charge is 0.288 e. The van der Waals surface area contributed by atoms with E-state index in [1.165, 1.54) is 94.3 Å². The van der Waals surface area contributed by atoms with Crippen molar-refractivity contribution < 1.29 is 0 Å². The quantitative estimate of drug-likeness (QED) is 0.208. The fourth-order valence-corrected chi connectivity index (χ4v) is 5.16. The molecule has 0 unspecified atom stereocenters. The molecule has 0 fully saturated rings. The third kappa shape index (κ3) is 10.6. The SMILES string of the molecule is C=Cc1cccc([Si]CC(N(CCCC)CCCC)N(CCCC)CCCC)c1. The molecule has 0 aromatic heterocycles. The van der Waals surface area contributed by atoms with Crippen LogP contribution in [0.3, 0.4) is 0 Å². The lowest BCUT2D eigenvalue weighted by molar-refractivity contribution is 0.0502. The fourth-order valence-electron chi connectivity index (χ4n) is 3.74. The molecule has 1 rings (SSSR count). The van der Waals surface area contributed by atoms with Crippen molar-refractivity contribution in [2.24, 2.45) is 0 Å². The first kappa shape index (κ1) is 26.1. The molecular formula is C26H46N2Si. The Bertz CT molecular complexity index is 495. The summed E-state index contributed by atoms with van der Waals surface area (Å²) in [5, 5.41) is 1.48. The van der Waals surface area contributed by atoms with E-state index in [2.05, 4.69) is 68.3 Å². The summed E-state index contributed by atoms with van der Waals surface area (Å²) in [6.07, 6.45) is 12.9. The minimum atomic E-state index is 0.580. The Morgan fingerprint density at radius 3 is 1.72 bits per heavy atom. The molecule has 1 aromatic carbocycles. The van der Waals surface area contributed by atoms with E-state index in [1.54, 1.807) is 0 Å². The van der Waals surface area contributed by atoms with Crippen LogP contribution in [0.4, 0.5) is 0 Å². The highest BCUT2D eigenvalue weighted by Crippen LogP contribution is 2.16. The summed E-state index contributed by atoms with van der Waals surface area (Å²) in [7, 11) is 0.859. The predicted molar refractivity (Wildman–Crippen MR) is 133 cm³/mol. The highest BCUT2D eigenvalue weighted by atomic mass is 28.2. The Balaban J connectivity index is 3.00. The van der Waals surface area contributed by atoms with Crippen LogP contribution in [-0.2, 0) is 0 Å². The molecule has 1 aromatic rings. The molecule has 3 heteroatoms. The maximum absolute atomic E-state index is 3.95. The summed E-state index contributed by atoms with van der Waals surface area (Å²) in [4.78, 5) is 5.64. The van der Waals surface area contributed by atoms with Crippen LogP contribution in [0.15, 0.2) is 30.8 Å². The molecule has 164 valence electrons. The van der Waals surface area contributed by atoms with Crippen molar-refractivity contribution in [3.05, 3.63) is 36.4 Å². The number of benzene rings is 1. The molecule has 0 saturated heterocycles. The monoisotopic (exact) mass is 414 g/mol. The highest BCUT2D eigenvalue weighted by Gasteiger charge is 2.24. The van der Waals surface area contributed by atoms with Crippen LogP contribution >= 0.6 is 0 Å². The van der Waals surface area contributed by atoms with E-state index in [0.29, 0.717) is 6.17 Å². The Morgan fingerprint density at radius 1 is 0.828 bits per heavy atom. The smallest absolute Gasteiger partial charge is 0.0838 e. The standard InChI is InChI=1S/C26H46N2Si/c1-6-11-18-27(19-12-7-2)26(28(20-13-8-3)21-14-9-4)23-29-25-17-15-16-24(10-5)22-25/h10,15-17,22,26H,5-9,11-14,18-21,23H2,1-4H3. The first-order chi connectivity index (χ1) is 14.2.